The SMILES string of the molecule is C=CC([NH])C(=O)OC(C)(C)C. The summed E-state index contributed by atoms with van der Waals surface area (Å²) in [5.74, 6) is -0.549. The van der Waals surface area contributed by atoms with Gasteiger partial charge in [-0.3, -0.25) is 0 Å². The van der Waals surface area contributed by atoms with Gasteiger partial charge in [-0.05, 0) is 20.8 Å². The predicted octanol–water partition coefficient (Wildman–Crippen LogP) is 1.17. The van der Waals surface area contributed by atoms with Crippen molar-refractivity contribution in [3.05, 3.63) is 12.7 Å². The third kappa shape index (κ3) is 4.56. The Labute approximate surface area is 67.2 Å². The highest BCUT2D eigenvalue weighted by Gasteiger charge is 2.19. The Balaban J connectivity index is 3.98. The van der Waals surface area contributed by atoms with Crippen LogP contribution in [0.3, 0.4) is 0 Å². The Kier molecular flexibility index (Phi) is 3.26. The molecule has 1 radical (unpaired) electrons. The van der Waals surface area contributed by atoms with E-state index in [4.69, 9.17) is 10.5 Å². The van der Waals surface area contributed by atoms with Gasteiger partial charge in [-0.2, -0.15) is 0 Å². The summed E-state index contributed by atoms with van der Waals surface area (Å²) in [6, 6.07) is -0.964. The van der Waals surface area contributed by atoms with Crippen LogP contribution in [0.4, 0.5) is 0 Å². The van der Waals surface area contributed by atoms with Gasteiger partial charge in [0, 0.05) is 0 Å². The first kappa shape index (κ1) is 10.2. The normalized spacial score (nSPS) is 13.8. The summed E-state index contributed by atoms with van der Waals surface area (Å²) in [5.41, 5.74) is 6.60. The fourth-order valence-corrected chi connectivity index (χ4v) is 0.461. The van der Waals surface area contributed by atoms with E-state index >= 15 is 0 Å². The smallest absolute Gasteiger partial charge is 0.328 e. The summed E-state index contributed by atoms with van der Waals surface area (Å²) in [6.07, 6.45) is 1.24. The third-order valence-corrected chi connectivity index (χ3v) is 0.896. The van der Waals surface area contributed by atoms with Crippen molar-refractivity contribution in [1.29, 1.82) is 0 Å². The number of esters is 1. The maximum Gasteiger partial charge on any atom is 0.328 e. The van der Waals surface area contributed by atoms with Crippen molar-refractivity contribution in [3.63, 3.8) is 0 Å². The lowest BCUT2D eigenvalue weighted by Gasteiger charge is -2.20. The van der Waals surface area contributed by atoms with E-state index in [1.807, 2.05) is 0 Å². The van der Waals surface area contributed by atoms with E-state index in [1.54, 1.807) is 20.8 Å². The van der Waals surface area contributed by atoms with Gasteiger partial charge in [-0.25, -0.2) is 10.5 Å². The largest absolute Gasteiger partial charge is 0.459 e. The van der Waals surface area contributed by atoms with Gasteiger partial charge in [-0.15, -0.1) is 6.58 Å². The molecule has 0 aliphatic heterocycles. The van der Waals surface area contributed by atoms with Crippen LogP contribution in [0.15, 0.2) is 12.7 Å². The molecule has 0 amide bonds. The maximum atomic E-state index is 10.9. The molecule has 1 unspecified atom stereocenters. The van der Waals surface area contributed by atoms with Crippen molar-refractivity contribution in [2.75, 3.05) is 0 Å². The minimum absolute atomic E-state index is 0.514. The monoisotopic (exact) mass is 156 g/mol. The highest BCUT2D eigenvalue weighted by molar-refractivity contribution is 5.77. The molecule has 3 nitrogen and oxygen atoms in total. The number of carbonyl (C=O) groups is 1. The van der Waals surface area contributed by atoms with E-state index < -0.39 is 17.6 Å². The molecule has 0 aromatic carbocycles. The summed E-state index contributed by atoms with van der Waals surface area (Å²) in [6.45, 7) is 8.62. The minimum Gasteiger partial charge on any atom is -0.459 e. The van der Waals surface area contributed by atoms with E-state index in [9.17, 15) is 4.79 Å². The fourth-order valence-electron chi connectivity index (χ4n) is 0.461. The molecule has 0 heterocycles. The van der Waals surface area contributed by atoms with E-state index in [-0.39, 0.29) is 0 Å². The van der Waals surface area contributed by atoms with Crippen LogP contribution in [0.25, 0.3) is 0 Å². The van der Waals surface area contributed by atoms with Crippen LogP contribution in [0.5, 0.6) is 0 Å². The average Bonchev–Trinajstić information content (AvgIpc) is 1.82. The van der Waals surface area contributed by atoms with Crippen LogP contribution in [0, 0.1) is 0 Å². The van der Waals surface area contributed by atoms with Gasteiger partial charge in [-0.1, -0.05) is 6.08 Å². The van der Waals surface area contributed by atoms with Crippen molar-refractivity contribution in [3.8, 4) is 0 Å². The molecule has 3 heteroatoms. The Morgan fingerprint density at radius 3 is 2.36 bits per heavy atom. The minimum atomic E-state index is -0.964. The summed E-state index contributed by atoms with van der Waals surface area (Å²) in [5, 5.41) is 0. The Morgan fingerprint density at radius 2 is 2.09 bits per heavy atom. The van der Waals surface area contributed by atoms with E-state index in [0.717, 1.165) is 0 Å². The van der Waals surface area contributed by atoms with Gasteiger partial charge in [0.15, 0.2) is 0 Å². The molecule has 0 aliphatic carbocycles. The topological polar surface area (TPSA) is 50.1 Å². The van der Waals surface area contributed by atoms with Crippen molar-refractivity contribution in [2.24, 2.45) is 0 Å². The Morgan fingerprint density at radius 1 is 1.64 bits per heavy atom. The van der Waals surface area contributed by atoms with Gasteiger partial charge in [0.25, 0.3) is 0 Å². The number of nitrogens with one attached hydrogen (secondary N) is 1. The zero-order valence-electron chi connectivity index (χ0n) is 7.18. The lowest BCUT2D eigenvalue weighted by Crippen LogP contribution is -2.31. The maximum absolute atomic E-state index is 10.9. The molecule has 0 saturated carbocycles. The number of rotatable bonds is 2. The number of ether oxygens (including phenoxy) is 1. The molecular formula is C8H14NO2. The van der Waals surface area contributed by atoms with E-state index in [0.29, 0.717) is 0 Å². The van der Waals surface area contributed by atoms with Gasteiger partial charge < -0.3 is 4.74 Å². The molecule has 0 aliphatic rings. The third-order valence-electron chi connectivity index (χ3n) is 0.896. The second kappa shape index (κ2) is 3.53. The lowest BCUT2D eigenvalue weighted by atomic mass is 10.2. The van der Waals surface area contributed by atoms with E-state index in [2.05, 4.69) is 6.58 Å². The van der Waals surface area contributed by atoms with Gasteiger partial charge >= 0.3 is 5.97 Å². The van der Waals surface area contributed by atoms with Crippen molar-refractivity contribution in [1.82, 2.24) is 5.73 Å². The average molecular weight is 156 g/mol. The zero-order chi connectivity index (χ0) is 9.07. The second-order valence-corrected chi connectivity index (χ2v) is 3.25. The molecule has 0 aromatic rings. The first-order valence-electron chi connectivity index (χ1n) is 3.43. The summed E-state index contributed by atoms with van der Waals surface area (Å²) in [7, 11) is 0. The number of hydrogen-bond donors (Lipinski definition) is 0. The fraction of sp³-hybridized carbons (Fsp3) is 0.625. The highest BCUT2D eigenvalue weighted by Crippen LogP contribution is 2.08. The molecule has 1 N–H and O–H groups in total. The van der Waals surface area contributed by atoms with Crippen LogP contribution in [-0.4, -0.2) is 17.6 Å². The molecule has 63 valence electrons. The molecule has 11 heavy (non-hydrogen) atoms. The van der Waals surface area contributed by atoms with Gasteiger partial charge in [0.1, 0.15) is 11.6 Å². The summed E-state index contributed by atoms with van der Waals surface area (Å²) < 4.78 is 4.89. The molecule has 0 spiro atoms. The van der Waals surface area contributed by atoms with Crippen molar-refractivity contribution < 1.29 is 9.53 Å². The van der Waals surface area contributed by atoms with E-state index in [1.165, 1.54) is 6.08 Å². The standard InChI is InChI=1S/C8H14NO2/c1-5-6(9)7(10)11-8(2,3)4/h5-6,9H,1H2,2-4H3. The van der Waals surface area contributed by atoms with Crippen molar-refractivity contribution in [2.45, 2.75) is 32.4 Å². The zero-order valence-corrected chi connectivity index (χ0v) is 7.18. The predicted molar refractivity (Wildman–Crippen MR) is 42.9 cm³/mol. The molecule has 0 fully saturated rings. The molecule has 0 aromatic heterocycles. The lowest BCUT2D eigenvalue weighted by molar-refractivity contribution is -0.155. The van der Waals surface area contributed by atoms with Gasteiger partial charge in [0.05, 0.1) is 0 Å². The first-order valence-corrected chi connectivity index (χ1v) is 3.43. The summed E-state index contributed by atoms with van der Waals surface area (Å²) in [4.78, 5) is 10.9. The van der Waals surface area contributed by atoms with Crippen LogP contribution >= 0.6 is 0 Å². The van der Waals surface area contributed by atoms with Crippen molar-refractivity contribution >= 4 is 5.97 Å². The second-order valence-electron chi connectivity index (χ2n) is 3.25. The Bertz CT molecular complexity index is 158. The molecule has 0 bridgehead atoms. The van der Waals surface area contributed by atoms with Crippen LogP contribution in [0.2, 0.25) is 0 Å². The van der Waals surface area contributed by atoms with Crippen LogP contribution in [0.1, 0.15) is 20.8 Å². The highest BCUT2D eigenvalue weighted by atomic mass is 16.6. The van der Waals surface area contributed by atoms with Crippen LogP contribution in [-0.2, 0) is 9.53 Å². The van der Waals surface area contributed by atoms with Crippen LogP contribution < -0.4 is 5.73 Å². The molecule has 0 rings (SSSR count). The molecule has 1 atom stereocenters. The Hall–Kier alpha value is -0.830. The number of hydrogen-bond acceptors (Lipinski definition) is 2. The summed E-state index contributed by atoms with van der Waals surface area (Å²) >= 11 is 0. The molecule has 0 saturated heterocycles. The number of carbonyl (C=O) groups excluding carboxylic acids is 1. The quantitative estimate of drug-likeness (QED) is 0.445. The molecular weight excluding hydrogens is 142 g/mol. The van der Waals surface area contributed by atoms with Gasteiger partial charge in [0.2, 0.25) is 0 Å². The first-order chi connectivity index (χ1) is 4.87.